The Morgan fingerprint density at radius 2 is 1.85 bits per heavy atom. The van der Waals surface area contributed by atoms with E-state index >= 15 is 0 Å². The average Bonchev–Trinajstić information content (AvgIpc) is 2.37. The van der Waals surface area contributed by atoms with Gasteiger partial charge in [0.15, 0.2) is 0 Å². The van der Waals surface area contributed by atoms with Crippen molar-refractivity contribution in [3.05, 3.63) is 30.3 Å². The van der Waals surface area contributed by atoms with Gasteiger partial charge in [-0.05, 0) is 32.9 Å². The maximum Gasteiger partial charge on any atom is 0.241 e. The SMILES string of the molecule is CC(O)C(C)(C)NC(=O)CNS(=O)(=O)c1ccccc1. The molecule has 0 fully saturated rings. The first-order valence-corrected chi connectivity index (χ1v) is 7.67. The van der Waals surface area contributed by atoms with Crippen LogP contribution in [0.3, 0.4) is 0 Å². The predicted molar refractivity (Wildman–Crippen MR) is 75.5 cm³/mol. The molecule has 3 N–H and O–H groups in total. The van der Waals surface area contributed by atoms with Gasteiger partial charge in [0.25, 0.3) is 0 Å². The lowest BCUT2D eigenvalue weighted by atomic mass is 9.99. The molecule has 0 saturated heterocycles. The molecular formula is C13H20N2O4S. The molecule has 1 aromatic rings. The molecule has 0 spiro atoms. The van der Waals surface area contributed by atoms with Gasteiger partial charge in [0.1, 0.15) is 0 Å². The van der Waals surface area contributed by atoms with E-state index in [1.165, 1.54) is 12.1 Å². The fourth-order valence-corrected chi connectivity index (χ4v) is 2.35. The van der Waals surface area contributed by atoms with Gasteiger partial charge < -0.3 is 10.4 Å². The van der Waals surface area contributed by atoms with E-state index in [4.69, 9.17) is 0 Å². The summed E-state index contributed by atoms with van der Waals surface area (Å²) in [5.74, 6) is -0.504. The smallest absolute Gasteiger partial charge is 0.241 e. The summed E-state index contributed by atoms with van der Waals surface area (Å²) in [5.41, 5.74) is -0.824. The summed E-state index contributed by atoms with van der Waals surface area (Å²) >= 11 is 0. The summed E-state index contributed by atoms with van der Waals surface area (Å²) in [4.78, 5) is 11.8. The third kappa shape index (κ3) is 4.59. The minimum absolute atomic E-state index is 0.0996. The van der Waals surface area contributed by atoms with Crippen molar-refractivity contribution in [1.29, 1.82) is 0 Å². The van der Waals surface area contributed by atoms with E-state index in [9.17, 15) is 18.3 Å². The molecule has 1 unspecified atom stereocenters. The van der Waals surface area contributed by atoms with Crippen molar-refractivity contribution in [3.8, 4) is 0 Å². The maximum absolute atomic E-state index is 11.9. The fourth-order valence-electron chi connectivity index (χ4n) is 1.35. The highest BCUT2D eigenvalue weighted by atomic mass is 32.2. The van der Waals surface area contributed by atoms with Gasteiger partial charge in [-0.1, -0.05) is 18.2 Å². The molecule has 20 heavy (non-hydrogen) atoms. The topological polar surface area (TPSA) is 95.5 Å². The molecule has 0 aromatic heterocycles. The van der Waals surface area contributed by atoms with Crippen LogP contribution in [0.2, 0.25) is 0 Å². The average molecular weight is 300 g/mol. The van der Waals surface area contributed by atoms with Gasteiger partial charge in [-0.15, -0.1) is 0 Å². The first-order valence-electron chi connectivity index (χ1n) is 6.19. The Kier molecular flexibility index (Phi) is 5.27. The summed E-state index contributed by atoms with van der Waals surface area (Å²) in [6.45, 7) is 4.48. The van der Waals surface area contributed by atoms with Crippen molar-refractivity contribution in [2.75, 3.05) is 6.54 Å². The first kappa shape index (κ1) is 16.6. The standard InChI is InChI=1S/C13H20N2O4S/c1-10(16)13(2,3)15-12(17)9-14-20(18,19)11-7-5-4-6-8-11/h4-8,10,14,16H,9H2,1-3H3,(H,15,17). The number of sulfonamides is 1. The molecule has 1 rings (SSSR count). The number of benzene rings is 1. The Morgan fingerprint density at radius 3 is 2.35 bits per heavy atom. The van der Waals surface area contributed by atoms with Gasteiger partial charge in [0.2, 0.25) is 15.9 Å². The van der Waals surface area contributed by atoms with E-state index < -0.39 is 27.6 Å². The molecule has 0 saturated carbocycles. The number of amides is 1. The molecule has 112 valence electrons. The summed E-state index contributed by atoms with van der Waals surface area (Å²) in [5, 5.41) is 12.0. The van der Waals surface area contributed by atoms with Crippen molar-refractivity contribution in [2.45, 2.75) is 37.3 Å². The van der Waals surface area contributed by atoms with Crippen LogP contribution in [0.4, 0.5) is 0 Å². The summed E-state index contributed by atoms with van der Waals surface area (Å²) in [6.07, 6.45) is -0.753. The maximum atomic E-state index is 11.9. The second-order valence-electron chi connectivity index (χ2n) is 5.08. The Bertz CT molecular complexity index is 553. The van der Waals surface area contributed by atoms with Crippen LogP contribution in [0, 0.1) is 0 Å². The van der Waals surface area contributed by atoms with Crippen LogP contribution in [-0.4, -0.2) is 37.6 Å². The number of aliphatic hydroxyl groups excluding tert-OH is 1. The van der Waals surface area contributed by atoms with E-state index in [1.54, 1.807) is 39.0 Å². The largest absolute Gasteiger partial charge is 0.391 e. The van der Waals surface area contributed by atoms with Crippen molar-refractivity contribution in [1.82, 2.24) is 10.0 Å². The molecule has 0 aliphatic rings. The number of hydrogen-bond acceptors (Lipinski definition) is 4. The molecule has 7 heteroatoms. The second-order valence-corrected chi connectivity index (χ2v) is 6.85. The molecule has 6 nitrogen and oxygen atoms in total. The van der Waals surface area contributed by atoms with Crippen molar-refractivity contribution < 1.29 is 18.3 Å². The van der Waals surface area contributed by atoms with Gasteiger partial charge in [0.05, 0.1) is 23.1 Å². The molecule has 0 radical (unpaired) electrons. The lowest BCUT2D eigenvalue weighted by Crippen LogP contribution is -2.53. The number of aliphatic hydroxyl groups is 1. The highest BCUT2D eigenvalue weighted by Gasteiger charge is 2.26. The van der Waals surface area contributed by atoms with Gasteiger partial charge in [-0.25, -0.2) is 13.1 Å². The zero-order valence-corrected chi connectivity index (χ0v) is 12.6. The number of carbonyl (C=O) groups excluding carboxylic acids is 1. The quantitative estimate of drug-likeness (QED) is 0.701. The molecule has 0 aliphatic carbocycles. The minimum Gasteiger partial charge on any atom is -0.391 e. The summed E-state index contributed by atoms with van der Waals surface area (Å²) in [7, 11) is -3.70. The molecule has 1 aromatic carbocycles. The lowest BCUT2D eigenvalue weighted by molar-refractivity contribution is -0.122. The molecule has 0 aliphatic heterocycles. The summed E-state index contributed by atoms with van der Waals surface area (Å²) < 4.78 is 26.0. The molecular weight excluding hydrogens is 280 g/mol. The molecule has 0 bridgehead atoms. The van der Waals surface area contributed by atoms with E-state index in [2.05, 4.69) is 10.0 Å². The fraction of sp³-hybridized carbons (Fsp3) is 0.462. The van der Waals surface area contributed by atoms with E-state index in [0.717, 1.165) is 0 Å². The number of rotatable bonds is 6. The number of carbonyl (C=O) groups is 1. The zero-order chi connectivity index (χ0) is 15.4. The Labute approximate surface area is 119 Å². The van der Waals surface area contributed by atoms with Crippen LogP contribution in [0.15, 0.2) is 35.2 Å². The van der Waals surface area contributed by atoms with E-state index in [1.807, 2.05) is 0 Å². The van der Waals surface area contributed by atoms with Crippen molar-refractivity contribution in [2.24, 2.45) is 0 Å². The van der Waals surface area contributed by atoms with Gasteiger partial charge in [0, 0.05) is 0 Å². The van der Waals surface area contributed by atoms with E-state index in [0.29, 0.717) is 0 Å². The van der Waals surface area contributed by atoms with Crippen molar-refractivity contribution in [3.63, 3.8) is 0 Å². The first-order chi connectivity index (χ1) is 9.15. The second kappa shape index (κ2) is 6.34. The summed E-state index contributed by atoms with van der Waals surface area (Å²) in [6, 6.07) is 7.80. The van der Waals surface area contributed by atoms with Crippen LogP contribution in [0.25, 0.3) is 0 Å². The molecule has 0 heterocycles. The van der Waals surface area contributed by atoms with Gasteiger partial charge >= 0.3 is 0 Å². The van der Waals surface area contributed by atoms with Crippen LogP contribution < -0.4 is 10.0 Å². The molecule has 1 amide bonds. The minimum atomic E-state index is -3.70. The van der Waals surface area contributed by atoms with Crippen molar-refractivity contribution >= 4 is 15.9 Å². The van der Waals surface area contributed by atoms with Crippen LogP contribution >= 0.6 is 0 Å². The third-order valence-electron chi connectivity index (χ3n) is 2.98. The van der Waals surface area contributed by atoms with Crippen LogP contribution in [0.5, 0.6) is 0 Å². The monoisotopic (exact) mass is 300 g/mol. The predicted octanol–water partition coefficient (Wildman–Crippen LogP) is 0.241. The Balaban J connectivity index is 2.62. The highest BCUT2D eigenvalue weighted by Crippen LogP contribution is 2.09. The van der Waals surface area contributed by atoms with Crippen LogP contribution in [0.1, 0.15) is 20.8 Å². The Hall–Kier alpha value is -1.44. The highest BCUT2D eigenvalue weighted by molar-refractivity contribution is 7.89. The number of nitrogens with one attached hydrogen (secondary N) is 2. The zero-order valence-electron chi connectivity index (χ0n) is 11.8. The van der Waals surface area contributed by atoms with Gasteiger partial charge in [-0.3, -0.25) is 4.79 Å². The van der Waals surface area contributed by atoms with E-state index in [-0.39, 0.29) is 11.4 Å². The lowest BCUT2D eigenvalue weighted by Gasteiger charge is -2.29. The van der Waals surface area contributed by atoms with Crippen LogP contribution in [-0.2, 0) is 14.8 Å². The Morgan fingerprint density at radius 1 is 1.30 bits per heavy atom. The molecule has 1 atom stereocenters. The number of hydrogen-bond donors (Lipinski definition) is 3. The van der Waals surface area contributed by atoms with Gasteiger partial charge in [-0.2, -0.15) is 0 Å². The normalized spacial score (nSPS) is 13.8. The third-order valence-corrected chi connectivity index (χ3v) is 4.40.